The van der Waals surface area contributed by atoms with Crippen molar-refractivity contribution in [3.63, 3.8) is 0 Å². The van der Waals surface area contributed by atoms with Gasteiger partial charge in [0.05, 0.1) is 24.8 Å². The van der Waals surface area contributed by atoms with Crippen molar-refractivity contribution in [3.8, 4) is 0 Å². The predicted octanol–water partition coefficient (Wildman–Crippen LogP) is 3.48. The van der Waals surface area contributed by atoms with Gasteiger partial charge in [0.25, 0.3) is 0 Å². The highest BCUT2D eigenvalue weighted by molar-refractivity contribution is 5.80. The highest BCUT2D eigenvalue weighted by Crippen LogP contribution is 2.18. The third-order valence-corrected chi connectivity index (χ3v) is 7.03. The van der Waals surface area contributed by atoms with Crippen molar-refractivity contribution in [1.29, 1.82) is 0 Å². The molecule has 2 aliphatic rings. The van der Waals surface area contributed by atoms with Crippen LogP contribution in [0, 0.1) is 0 Å². The highest BCUT2D eigenvalue weighted by Gasteiger charge is 2.29. The molecule has 0 saturated carbocycles. The van der Waals surface area contributed by atoms with Crippen LogP contribution in [0.3, 0.4) is 0 Å². The van der Waals surface area contributed by atoms with E-state index in [0.29, 0.717) is 52.3 Å². The number of rotatable bonds is 9. The Balaban J connectivity index is 1.26. The lowest BCUT2D eigenvalue weighted by atomic mass is 10.1. The van der Waals surface area contributed by atoms with Gasteiger partial charge in [0.2, 0.25) is 11.8 Å². The molecule has 0 N–H and O–H groups in total. The summed E-state index contributed by atoms with van der Waals surface area (Å²) in [4.78, 5) is 35.7. The molecule has 1 aromatic heterocycles. The maximum absolute atomic E-state index is 13.3. The van der Waals surface area contributed by atoms with Gasteiger partial charge in [-0.05, 0) is 42.2 Å². The molecule has 7 nitrogen and oxygen atoms in total. The molecule has 7 heteroatoms. The number of ether oxygens (including phenoxy) is 1. The molecule has 5 rings (SSSR count). The molecule has 2 fully saturated rings. The summed E-state index contributed by atoms with van der Waals surface area (Å²) in [6.07, 6.45) is 4.10. The number of benzene rings is 2. The quantitative estimate of drug-likeness (QED) is 0.463. The van der Waals surface area contributed by atoms with Crippen molar-refractivity contribution in [3.05, 3.63) is 78.0 Å². The molecule has 3 heterocycles. The Morgan fingerprint density at radius 2 is 1.75 bits per heavy atom. The van der Waals surface area contributed by atoms with Crippen molar-refractivity contribution >= 4 is 22.7 Å². The first-order valence-corrected chi connectivity index (χ1v) is 12.9. The Kier molecular flexibility index (Phi) is 7.88. The molecule has 2 saturated heterocycles. The Bertz CT molecular complexity index is 1190. The first-order chi connectivity index (χ1) is 17.6. The Morgan fingerprint density at radius 3 is 2.58 bits per heavy atom. The second-order valence-electron chi connectivity index (χ2n) is 9.80. The van der Waals surface area contributed by atoms with E-state index in [1.807, 2.05) is 40.1 Å². The van der Waals surface area contributed by atoms with E-state index in [4.69, 9.17) is 4.74 Å². The molecule has 3 aromatic rings. The summed E-state index contributed by atoms with van der Waals surface area (Å²) in [7, 11) is 0. The number of carbonyl (C=O) groups is 2. The van der Waals surface area contributed by atoms with E-state index in [2.05, 4.69) is 40.2 Å². The molecule has 188 valence electrons. The van der Waals surface area contributed by atoms with Crippen molar-refractivity contribution in [2.75, 3.05) is 39.3 Å². The van der Waals surface area contributed by atoms with E-state index in [-0.39, 0.29) is 17.9 Å². The van der Waals surface area contributed by atoms with Gasteiger partial charge in [0, 0.05) is 57.3 Å². The third-order valence-electron chi connectivity index (χ3n) is 7.03. The average Bonchev–Trinajstić information content (AvgIpc) is 3.24. The predicted molar refractivity (Wildman–Crippen MR) is 139 cm³/mol. The summed E-state index contributed by atoms with van der Waals surface area (Å²) in [5.74, 6) is 0.356. The topological polar surface area (TPSA) is 66.0 Å². The smallest absolute Gasteiger partial charge is 0.236 e. The molecule has 2 aliphatic heterocycles. The Morgan fingerprint density at radius 1 is 0.889 bits per heavy atom. The maximum Gasteiger partial charge on any atom is 0.236 e. The minimum absolute atomic E-state index is 0.0906. The van der Waals surface area contributed by atoms with Gasteiger partial charge in [-0.1, -0.05) is 42.5 Å². The van der Waals surface area contributed by atoms with Crippen molar-refractivity contribution in [1.82, 2.24) is 19.7 Å². The molecular weight excluding hydrogens is 452 g/mol. The molecule has 0 spiro atoms. The third kappa shape index (κ3) is 6.28. The van der Waals surface area contributed by atoms with Crippen LogP contribution in [0.1, 0.15) is 30.4 Å². The van der Waals surface area contributed by atoms with E-state index in [9.17, 15) is 9.59 Å². The molecule has 0 bridgehead atoms. The summed E-state index contributed by atoms with van der Waals surface area (Å²) in [5, 5.41) is 1.10. The van der Waals surface area contributed by atoms with Gasteiger partial charge in [0.15, 0.2) is 0 Å². The van der Waals surface area contributed by atoms with Crippen LogP contribution in [0.15, 0.2) is 66.9 Å². The monoisotopic (exact) mass is 486 g/mol. The van der Waals surface area contributed by atoms with Gasteiger partial charge in [0.1, 0.15) is 0 Å². The zero-order valence-corrected chi connectivity index (χ0v) is 20.7. The van der Waals surface area contributed by atoms with Crippen LogP contribution in [0.2, 0.25) is 0 Å². The number of carbonyl (C=O) groups excluding carboxylic acids is 2. The Labute approximate surface area is 212 Å². The summed E-state index contributed by atoms with van der Waals surface area (Å²) in [5.41, 5.74) is 3.26. The van der Waals surface area contributed by atoms with Gasteiger partial charge in [-0.2, -0.15) is 0 Å². The van der Waals surface area contributed by atoms with E-state index in [0.717, 1.165) is 41.4 Å². The lowest BCUT2D eigenvalue weighted by Gasteiger charge is -2.26. The minimum atomic E-state index is -0.0906. The van der Waals surface area contributed by atoms with Crippen LogP contribution in [-0.4, -0.2) is 76.9 Å². The minimum Gasteiger partial charge on any atom is -0.370 e. The molecule has 1 atom stereocenters. The number of likely N-dealkylation sites (tertiary alicyclic amines) is 1. The SMILES string of the molecule is O=C1CCCN1CCCN1CC(OCc2ccccc2)CN(Cc2ccc3ncccc3c2)CC1=O. The molecular formula is C29H34N4O3. The molecule has 36 heavy (non-hydrogen) atoms. The lowest BCUT2D eigenvalue weighted by Crippen LogP contribution is -2.39. The van der Waals surface area contributed by atoms with Crippen LogP contribution < -0.4 is 0 Å². The highest BCUT2D eigenvalue weighted by atomic mass is 16.5. The molecule has 1 unspecified atom stereocenters. The Hall–Kier alpha value is -3.29. The fraction of sp³-hybridized carbons (Fsp3) is 0.414. The van der Waals surface area contributed by atoms with Gasteiger partial charge in [-0.3, -0.25) is 19.5 Å². The number of hydrogen-bond donors (Lipinski definition) is 0. The number of fused-ring (bicyclic) bond motifs is 1. The molecule has 2 aromatic carbocycles. The van der Waals surface area contributed by atoms with Crippen LogP contribution in [0.4, 0.5) is 0 Å². The number of nitrogens with zero attached hydrogens (tertiary/aromatic N) is 4. The van der Waals surface area contributed by atoms with E-state index < -0.39 is 0 Å². The standard InChI is InChI=1S/C29H34N4O3/c34-28-10-5-14-32(28)15-6-16-33-20-26(36-22-23-7-2-1-3-8-23)19-31(21-29(33)35)18-24-11-12-27-25(17-24)9-4-13-30-27/h1-4,7-9,11-13,17,26H,5-6,10,14-16,18-22H2. The van der Waals surface area contributed by atoms with E-state index in [1.165, 1.54) is 0 Å². The van der Waals surface area contributed by atoms with Crippen molar-refractivity contribution < 1.29 is 14.3 Å². The zero-order valence-electron chi connectivity index (χ0n) is 20.7. The normalized spacial score (nSPS) is 19.3. The summed E-state index contributed by atoms with van der Waals surface area (Å²) < 4.78 is 6.35. The van der Waals surface area contributed by atoms with E-state index in [1.54, 1.807) is 6.20 Å². The largest absolute Gasteiger partial charge is 0.370 e. The molecule has 0 aliphatic carbocycles. The molecule has 2 amide bonds. The van der Waals surface area contributed by atoms with Crippen LogP contribution in [0.5, 0.6) is 0 Å². The van der Waals surface area contributed by atoms with Gasteiger partial charge < -0.3 is 14.5 Å². The van der Waals surface area contributed by atoms with Crippen molar-refractivity contribution in [2.24, 2.45) is 0 Å². The molecule has 0 radical (unpaired) electrons. The number of aromatic nitrogens is 1. The first kappa shape index (κ1) is 24.4. The van der Waals surface area contributed by atoms with Crippen molar-refractivity contribution in [2.45, 2.75) is 38.5 Å². The fourth-order valence-corrected chi connectivity index (χ4v) is 5.15. The van der Waals surface area contributed by atoms with E-state index >= 15 is 0 Å². The second-order valence-corrected chi connectivity index (χ2v) is 9.80. The summed E-state index contributed by atoms with van der Waals surface area (Å²) >= 11 is 0. The lowest BCUT2D eigenvalue weighted by molar-refractivity contribution is -0.132. The van der Waals surface area contributed by atoms with Crippen LogP contribution >= 0.6 is 0 Å². The number of hydrogen-bond acceptors (Lipinski definition) is 5. The number of pyridine rings is 1. The first-order valence-electron chi connectivity index (χ1n) is 12.9. The van der Waals surface area contributed by atoms with Crippen LogP contribution in [0.25, 0.3) is 10.9 Å². The summed E-state index contributed by atoms with van der Waals surface area (Å²) in [6.45, 7) is 5.01. The zero-order chi connectivity index (χ0) is 24.7. The van der Waals surface area contributed by atoms with Gasteiger partial charge >= 0.3 is 0 Å². The van der Waals surface area contributed by atoms with Crippen LogP contribution in [-0.2, 0) is 27.5 Å². The fourth-order valence-electron chi connectivity index (χ4n) is 5.15. The van der Waals surface area contributed by atoms with Gasteiger partial charge in [-0.25, -0.2) is 0 Å². The second kappa shape index (κ2) is 11.6. The maximum atomic E-state index is 13.3. The van der Waals surface area contributed by atoms with Gasteiger partial charge in [-0.15, -0.1) is 0 Å². The summed E-state index contributed by atoms with van der Waals surface area (Å²) in [6, 6.07) is 20.5. The average molecular weight is 487 g/mol. The number of amides is 2.